The number of benzene rings is 3. The average Bonchev–Trinajstić information content (AvgIpc) is 0.829. The largest absolute Gasteiger partial charge is 0.394 e. The van der Waals surface area contributed by atoms with E-state index in [1.807, 2.05) is 18.2 Å². The summed E-state index contributed by atoms with van der Waals surface area (Å²) in [5.41, 5.74) is 5.30. The summed E-state index contributed by atoms with van der Waals surface area (Å²) in [5, 5.41) is 35.8. The highest BCUT2D eigenvalue weighted by molar-refractivity contribution is 6.30. The Morgan fingerprint density at radius 3 is 0.617 bits per heavy atom. The van der Waals surface area contributed by atoms with Gasteiger partial charge in [-0.3, -0.25) is 0 Å². The summed E-state index contributed by atoms with van der Waals surface area (Å²) in [4.78, 5) is 4.52. The van der Waals surface area contributed by atoms with Crippen LogP contribution in [0, 0.1) is 0 Å². The lowest BCUT2D eigenvalue weighted by molar-refractivity contribution is -0.0135. The molecule has 542 valence electrons. The quantitative estimate of drug-likeness (QED) is 0.0466. The predicted molar refractivity (Wildman–Crippen MR) is 354 cm³/mol. The molecule has 0 aromatic heterocycles. The molecule has 3 rings (SSSR count). The summed E-state index contributed by atoms with van der Waals surface area (Å²) in [6.07, 6.45) is 0. The molecular formula is C67H113ClN2O24. The maximum atomic E-state index is 8.80. The lowest BCUT2D eigenvalue weighted by atomic mass is 9.85. The number of ether oxygens (including phenoxy) is 20. The van der Waals surface area contributed by atoms with Crippen LogP contribution in [0.4, 0.5) is 11.4 Å². The summed E-state index contributed by atoms with van der Waals surface area (Å²) in [7, 11) is 0. The molecule has 0 spiro atoms. The van der Waals surface area contributed by atoms with Gasteiger partial charge >= 0.3 is 0 Å². The fraction of sp³-hybridized carbons (Fsp3) is 0.731. The van der Waals surface area contributed by atoms with Gasteiger partial charge in [-0.1, -0.05) is 48.0 Å². The minimum atomic E-state index is -0.131. The normalized spacial score (nSPS) is 11.7. The first kappa shape index (κ1) is 84.8. The minimum absolute atomic E-state index is 0.00617. The van der Waals surface area contributed by atoms with Crippen LogP contribution in [0.15, 0.2) is 72.8 Å². The zero-order chi connectivity index (χ0) is 66.8. The van der Waals surface area contributed by atoms with E-state index in [-0.39, 0.29) is 32.3 Å². The molecule has 0 amide bonds. The fourth-order valence-electron chi connectivity index (χ4n) is 8.64. The number of anilines is 2. The predicted octanol–water partition coefficient (Wildman–Crippen LogP) is 3.43. The molecule has 0 atom stereocenters. The number of hydrogen-bond donors (Lipinski definition) is 4. The van der Waals surface area contributed by atoms with Crippen LogP contribution < -0.4 is 9.80 Å². The first-order valence-electron chi connectivity index (χ1n) is 33.0. The van der Waals surface area contributed by atoms with E-state index < -0.39 is 0 Å². The average molecular weight is 1370 g/mol. The molecule has 94 heavy (non-hydrogen) atoms. The molecule has 0 bridgehead atoms. The van der Waals surface area contributed by atoms with Crippen molar-refractivity contribution >= 4 is 23.0 Å². The molecule has 0 radical (unpaired) electrons. The van der Waals surface area contributed by atoms with Crippen molar-refractivity contribution in [3.05, 3.63) is 94.5 Å². The van der Waals surface area contributed by atoms with Crippen molar-refractivity contribution in [2.75, 3.05) is 327 Å². The molecule has 0 aliphatic carbocycles. The van der Waals surface area contributed by atoms with Gasteiger partial charge in [-0.2, -0.15) is 0 Å². The monoisotopic (exact) mass is 1360 g/mol. The molecule has 3 aromatic carbocycles. The third-order valence-electron chi connectivity index (χ3n) is 13.3. The molecule has 0 saturated carbocycles. The second kappa shape index (κ2) is 65.5. The topological polar surface area (TPSA) is 272 Å². The summed E-state index contributed by atoms with van der Waals surface area (Å²) in [6.45, 7) is 19.7. The molecular weight excluding hydrogens is 1250 g/mol. The van der Waals surface area contributed by atoms with Gasteiger partial charge in [0.2, 0.25) is 0 Å². The lowest BCUT2D eigenvalue weighted by Crippen LogP contribution is -2.31. The van der Waals surface area contributed by atoms with Crippen LogP contribution in [-0.2, 0) is 94.7 Å². The van der Waals surface area contributed by atoms with Gasteiger partial charge in [0.15, 0.2) is 0 Å². The van der Waals surface area contributed by atoms with Crippen LogP contribution in [0.25, 0.3) is 0 Å². The van der Waals surface area contributed by atoms with Crippen molar-refractivity contribution in [1.82, 2.24) is 0 Å². The van der Waals surface area contributed by atoms with E-state index in [2.05, 4.69) is 64.4 Å². The van der Waals surface area contributed by atoms with E-state index in [4.69, 9.17) is 127 Å². The molecule has 27 heteroatoms. The highest BCUT2D eigenvalue weighted by Gasteiger charge is 2.20. The van der Waals surface area contributed by atoms with Gasteiger partial charge in [-0.25, -0.2) is 0 Å². The maximum Gasteiger partial charge on any atom is 0.0701 e. The Balaban J connectivity index is 1.61. The first-order valence-corrected chi connectivity index (χ1v) is 33.4. The van der Waals surface area contributed by atoms with Crippen LogP contribution in [0.2, 0.25) is 5.02 Å². The zero-order valence-electron chi connectivity index (χ0n) is 55.7. The smallest absolute Gasteiger partial charge is 0.0701 e. The van der Waals surface area contributed by atoms with Crippen LogP contribution in [0.3, 0.4) is 0 Å². The Morgan fingerprint density at radius 2 is 0.426 bits per heavy atom. The number of hydrogen-bond acceptors (Lipinski definition) is 26. The number of nitrogens with zero attached hydrogens (tertiary/aromatic N) is 2. The molecule has 0 aliphatic heterocycles. The van der Waals surface area contributed by atoms with Gasteiger partial charge in [0.05, 0.1) is 291 Å². The van der Waals surface area contributed by atoms with Crippen LogP contribution in [-0.4, -0.2) is 337 Å². The molecule has 0 fully saturated rings. The molecule has 0 saturated heterocycles. The SMILES string of the molecule is OCCOCCOCCOCCOCCOCCN(CCOCCOCCOCCOCCOCCO)c1ccc(C(c2ccc(N(CCOCCOCCOCCOCCOCCO)CCOCCOCCOCCOCCOCCO)cc2)c2cccc(Cl)c2)cc1. The summed E-state index contributed by atoms with van der Waals surface area (Å²) in [5.74, 6) is -0.131. The van der Waals surface area contributed by atoms with Crippen molar-refractivity contribution < 1.29 is 115 Å². The van der Waals surface area contributed by atoms with Crippen molar-refractivity contribution in [3.63, 3.8) is 0 Å². The second-order valence-electron chi connectivity index (χ2n) is 20.3. The molecule has 3 aromatic rings. The Morgan fingerprint density at radius 1 is 0.234 bits per heavy atom. The molecule has 0 heterocycles. The summed E-state index contributed by atoms with van der Waals surface area (Å²) in [6, 6.07) is 25.3. The Hall–Kier alpha value is -3.41. The lowest BCUT2D eigenvalue weighted by Gasteiger charge is -2.27. The maximum absolute atomic E-state index is 8.80. The Bertz CT molecular complexity index is 1860. The summed E-state index contributed by atoms with van der Waals surface area (Å²) >= 11 is 6.69. The molecule has 0 aliphatic rings. The van der Waals surface area contributed by atoms with Gasteiger partial charge in [-0.05, 0) is 53.1 Å². The third-order valence-corrected chi connectivity index (χ3v) is 13.5. The van der Waals surface area contributed by atoms with Crippen molar-refractivity contribution in [3.8, 4) is 0 Å². The number of rotatable bonds is 73. The van der Waals surface area contributed by atoms with E-state index in [9.17, 15) is 0 Å². The van der Waals surface area contributed by atoms with Gasteiger partial charge in [0, 0.05) is 48.5 Å². The Kier molecular flexibility index (Phi) is 59.1. The number of aliphatic hydroxyl groups is 4. The third kappa shape index (κ3) is 48.3. The van der Waals surface area contributed by atoms with Crippen molar-refractivity contribution in [1.29, 1.82) is 0 Å². The van der Waals surface area contributed by atoms with E-state index in [1.54, 1.807) is 0 Å². The highest BCUT2D eigenvalue weighted by atomic mass is 35.5. The second-order valence-corrected chi connectivity index (χ2v) is 20.7. The van der Waals surface area contributed by atoms with E-state index >= 15 is 0 Å². The zero-order valence-corrected chi connectivity index (χ0v) is 56.4. The van der Waals surface area contributed by atoms with Gasteiger partial charge in [0.1, 0.15) is 0 Å². The van der Waals surface area contributed by atoms with Crippen LogP contribution >= 0.6 is 11.6 Å². The van der Waals surface area contributed by atoms with Crippen LogP contribution in [0.1, 0.15) is 22.6 Å². The van der Waals surface area contributed by atoms with Crippen molar-refractivity contribution in [2.45, 2.75) is 5.92 Å². The molecule has 26 nitrogen and oxygen atoms in total. The van der Waals surface area contributed by atoms with E-state index in [1.165, 1.54) is 0 Å². The summed E-state index contributed by atoms with van der Waals surface area (Å²) < 4.78 is 112. The van der Waals surface area contributed by atoms with Gasteiger partial charge in [-0.15, -0.1) is 0 Å². The number of aliphatic hydroxyl groups excluding tert-OH is 4. The number of halogens is 1. The van der Waals surface area contributed by atoms with Gasteiger partial charge in [0.25, 0.3) is 0 Å². The standard InChI is InChI=1S/C67H113ClN2O24/c68-64-3-1-2-63(60-64)67(61-4-8-65(9-5-61)69(12-20-75-28-36-83-44-52-91-56-48-87-40-32-79-24-16-71)13-21-76-29-37-84-45-53-92-57-49-88-41-33-80-25-17-72)62-6-10-66(11-7-62)70(14-22-77-30-38-85-46-54-93-58-50-89-42-34-81-26-18-73)15-23-78-31-39-86-47-55-94-59-51-90-43-35-82-27-19-74/h1-11,60,67,71-74H,12-59H2. The van der Waals surface area contributed by atoms with E-state index in [0.717, 1.165) is 28.1 Å². The van der Waals surface area contributed by atoms with Crippen LogP contribution in [0.5, 0.6) is 0 Å². The molecule has 0 unspecified atom stereocenters. The van der Waals surface area contributed by atoms with Crippen molar-refractivity contribution in [2.24, 2.45) is 0 Å². The molecule has 4 N–H and O–H groups in total. The van der Waals surface area contributed by atoms with Gasteiger partial charge < -0.3 is 125 Å². The first-order chi connectivity index (χ1) is 46.6. The fourth-order valence-corrected chi connectivity index (χ4v) is 8.84. The Labute approximate surface area is 563 Å². The van der Waals surface area contributed by atoms with E-state index in [0.29, 0.717) is 295 Å². The highest BCUT2D eigenvalue weighted by Crippen LogP contribution is 2.35. The minimum Gasteiger partial charge on any atom is -0.394 e.